The molecule has 0 amide bonds. The zero-order valence-corrected chi connectivity index (χ0v) is 24.0. The molecule has 0 radical (unpaired) electrons. The maximum atomic E-state index is 11.9. The summed E-state index contributed by atoms with van der Waals surface area (Å²) in [5.41, 5.74) is 0.0410. The van der Waals surface area contributed by atoms with E-state index in [4.69, 9.17) is 21.8 Å². The van der Waals surface area contributed by atoms with Crippen molar-refractivity contribution in [3.63, 3.8) is 0 Å². The Balaban J connectivity index is 6.10. The first-order chi connectivity index (χ1) is 12.4. The summed E-state index contributed by atoms with van der Waals surface area (Å²) in [6.45, 7) is 25.1. The molecule has 0 saturated carbocycles. The summed E-state index contributed by atoms with van der Waals surface area (Å²) in [7, 11) is -9.18. The van der Waals surface area contributed by atoms with Crippen LogP contribution in [0.25, 0.3) is 0 Å². The lowest BCUT2D eigenvalue weighted by molar-refractivity contribution is -0.138. The predicted molar refractivity (Wildman–Crippen MR) is 125 cm³/mol. The van der Waals surface area contributed by atoms with Crippen molar-refractivity contribution in [3.8, 4) is 0 Å². The van der Waals surface area contributed by atoms with Crippen molar-refractivity contribution in [3.05, 3.63) is 11.8 Å². The summed E-state index contributed by atoms with van der Waals surface area (Å²) >= 11 is 0. The summed E-state index contributed by atoms with van der Waals surface area (Å²) in [5.74, 6) is -0.382. The standard InChI is InChI=1S/C18H42O6Si4/c1-13-17(21-15-16(3)18(19)20-14-2)28(22-25(4,5)6,23-26(7,8)9)24-27(10,11)12/h15,17H,13-14H2,1-12H3/b16-15+. The number of ether oxygens (including phenoxy) is 2. The number of carbonyl (C=O) groups excluding carboxylic acids is 1. The average molecular weight is 467 g/mol. The van der Waals surface area contributed by atoms with E-state index in [1.54, 1.807) is 13.8 Å². The highest BCUT2D eigenvalue weighted by molar-refractivity contribution is 6.90. The Hall–Kier alpha value is -0.242. The molecule has 0 aliphatic carbocycles. The van der Waals surface area contributed by atoms with Gasteiger partial charge in [-0.3, -0.25) is 0 Å². The molecule has 0 N–H and O–H groups in total. The van der Waals surface area contributed by atoms with Crippen LogP contribution < -0.4 is 0 Å². The molecule has 0 heterocycles. The molecule has 0 aliphatic rings. The highest BCUT2D eigenvalue weighted by Gasteiger charge is 2.56. The van der Waals surface area contributed by atoms with Gasteiger partial charge in [-0.1, -0.05) is 6.92 Å². The number of rotatable bonds is 12. The third-order valence-corrected chi connectivity index (χ3v) is 15.2. The van der Waals surface area contributed by atoms with E-state index in [2.05, 4.69) is 58.9 Å². The second-order valence-electron chi connectivity index (χ2n) is 9.80. The topological polar surface area (TPSA) is 63.2 Å². The largest absolute Gasteiger partial charge is 0.512 e. The van der Waals surface area contributed by atoms with Gasteiger partial charge in [-0.15, -0.1) is 0 Å². The van der Waals surface area contributed by atoms with Gasteiger partial charge in [0.15, 0.2) is 30.7 Å². The fourth-order valence-electron chi connectivity index (χ4n) is 2.45. The Morgan fingerprint density at radius 2 is 1.21 bits per heavy atom. The van der Waals surface area contributed by atoms with Crippen LogP contribution in [0.2, 0.25) is 58.9 Å². The lowest BCUT2D eigenvalue weighted by atomic mass is 10.3. The molecule has 166 valence electrons. The Bertz CT molecular complexity index is 491. The van der Waals surface area contributed by atoms with Crippen LogP contribution in [-0.2, 0) is 26.6 Å². The van der Waals surface area contributed by atoms with Crippen LogP contribution in [0.5, 0.6) is 0 Å². The summed E-state index contributed by atoms with van der Waals surface area (Å²) in [4.78, 5) is 11.9. The van der Waals surface area contributed by atoms with Gasteiger partial charge in [0.1, 0.15) is 0 Å². The normalized spacial score (nSPS) is 15.4. The van der Waals surface area contributed by atoms with Crippen LogP contribution in [0.4, 0.5) is 0 Å². The van der Waals surface area contributed by atoms with E-state index in [0.717, 1.165) is 0 Å². The number of carbonyl (C=O) groups is 1. The summed E-state index contributed by atoms with van der Waals surface area (Å²) in [5, 5.41) is 0. The van der Waals surface area contributed by atoms with Crippen molar-refractivity contribution in [2.45, 2.75) is 91.8 Å². The maximum absolute atomic E-state index is 11.9. The van der Waals surface area contributed by atoms with Crippen LogP contribution in [0, 0.1) is 0 Å². The van der Waals surface area contributed by atoms with E-state index in [-0.39, 0.29) is 11.7 Å². The third-order valence-electron chi connectivity index (χ3n) is 3.12. The van der Waals surface area contributed by atoms with Crippen LogP contribution in [0.1, 0.15) is 27.2 Å². The highest BCUT2D eigenvalue weighted by atomic mass is 28.5. The minimum atomic E-state index is -3.19. The zero-order valence-electron chi connectivity index (χ0n) is 20.0. The van der Waals surface area contributed by atoms with E-state index in [1.165, 1.54) is 6.26 Å². The van der Waals surface area contributed by atoms with Gasteiger partial charge in [-0.2, -0.15) is 0 Å². The van der Waals surface area contributed by atoms with Crippen molar-refractivity contribution < 1.29 is 26.6 Å². The average Bonchev–Trinajstić information content (AvgIpc) is 2.41. The smallest absolute Gasteiger partial charge is 0.493 e. The van der Waals surface area contributed by atoms with E-state index in [0.29, 0.717) is 18.6 Å². The number of esters is 1. The molecule has 0 rings (SSSR count). The molecule has 28 heavy (non-hydrogen) atoms. The lowest BCUT2D eigenvalue weighted by Crippen LogP contribution is -2.67. The molecule has 0 saturated heterocycles. The van der Waals surface area contributed by atoms with Gasteiger partial charge < -0.3 is 21.8 Å². The predicted octanol–water partition coefficient (Wildman–Crippen LogP) is 5.28. The van der Waals surface area contributed by atoms with Crippen LogP contribution in [0.15, 0.2) is 11.8 Å². The summed E-state index contributed by atoms with van der Waals surface area (Å²) in [6, 6.07) is 0. The van der Waals surface area contributed by atoms with E-state index in [9.17, 15) is 4.79 Å². The second kappa shape index (κ2) is 10.7. The Kier molecular flexibility index (Phi) is 10.6. The number of hydrogen-bond donors (Lipinski definition) is 0. The molecule has 1 unspecified atom stereocenters. The fourth-order valence-corrected chi connectivity index (χ4v) is 16.6. The van der Waals surface area contributed by atoms with Gasteiger partial charge in [-0.25, -0.2) is 4.79 Å². The zero-order chi connectivity index (χ0) is 22.4. The Labute approximate surface area is 176 Å². The van der Waals surface area contributed by atoms with E-state index in [1.807, 2.05) is 6.92 Å². The minimum Gasteiger partial charge on any atom is -0.493 e. The number of hydrogen-bond acceptors (Lipinski definition) is 6. The van der Waals surface area contributed by atoms with Crippen molar-refractivity contribution in [2.24, 2.45) is 0 Å². The van der Waals surface area contributed by atoms with Gasteiger partial charge >= 0.3 is 14.8 Å². The second-order valence-corrected chi connectivity index (χ2v) is 26.8. The van der Waals surface area contributed by atoms with Gasteiger partial charge in [0, 0.05) is 0 Å². The molecule has 6 nitrogen and oxygen atoms in total. The molecule has 0 spiro atoms. The lowest BCUT2D eigenvalue weighted by Gasteiger charge is -2.45. The monoisotopic (exact) mass is 466 g/mol. The Morgan fingerprint density at radius 1 is 0.821 bits per heavy atom. The molecular formula is C18H42O6Si4. The summed E-state index contributed by atoms with van der Waals surface area (Å²) < 4.78 is 31.3. The fraction of sp³-hybridized carbons (Fsp3) is 0.833. The third kappa shape index (κ3) is 11.1. The van der Waals surface area contributed by atoms with Gasteiger partial charge in [0.05, 0.1) is 18.4 Å². The molecule has 10 heteroatoms. The molecule has 0 aliphatic heterocycles. The van der Waals surface area contributed by atoms with Crippen LogP contribution in [0.3, 0.4) is 0 Å². The SMILES string of the molecule is CCOC(=O)/C(C)=C/OC(CC)[Si](O[Si](C)(C)C)(O[Si](C)(C)C)O[Si](C)(C)C. The van der Waals surface area contributed by atoms with Crippen molar-refractivity contribution in [1.82, 2.24) is 0 Å². The Morgan fingerprint density at radius 3 is 1.50 bits per heavy atom. The molecule has 0 aromatic rings. The van der Waals surface area contributed by atoms with E-state index >= 15 is 0 Å². The van der Waals surface area contributed by atoms with Crippen LogP contribution in [-0.4, -0.2) is 52.1 Å². The van der Waals surface area contributed by atoms with E-state index < -0.39 is 33.8 Å². The van der Waals surface area contributed by atoms with Crippen molar-refractivity contribution in [2.75, 3.05) is 6.61 Å². The quantitative estimate of drug-likeness (QED) is 0.169. The highest BCUT2D eigenvalue weighted by Crippen LogP contribution is 2.31. The molecule has 0 aromatic carbocycles. The van der Waals surface area contributed by atoms with Gasteiger partial charge in [0.2, 0.25) is 0 Å². The van der Waals surface area contributed by atoms with Crippen molar-refractivity contribution >= 4 is 39.7 Å². The molecule has 1 atom stereocenters. The first-order valence-corrected chi connectivity index (χ1v) is 22.1. The van der Waals surface area contributed by atoms with Gasteiger partial charge in [0.25, 0.3) is 0 Å². The first kappa shape index (κ1) is 27.8. The maximum Gasteiger partial charge on any atom is 0.512 e. The molecule has 0 bridgehead atoms. The summed E-state index contributed by atoms with van der Waals surface area (Å²) in [6.07, 6.45) is 2.14. The van der Waals surface area contributed by atoms with Crippen molar-refractivity contribution in [1.29, 1.82) is 0 Å². The first-order valence-electron chi connectivity index (χ1n) is 10.0. The van der Waals surface area contributed by atoms with Crippen LogP contribution >= 0.6 is 0 Å². The minimum absolute atomic E-state index is 0.329. The molecule has 0 aromatic heterocycles. The van der Waals surface area contributed by atoms with Gasteiger partial charge in [-0.05, 0) is 79.2 Å². The molecular weight excluding hydrogens is 425 g/mol. The molecule has 0 fully saturated rings.